The van der Waals surface area contributed by atoms with E-state index in [1.165, 1.54) is 0 Å². The molecule has 1 atom stereocenters. The number of aliphatic hydroxyl groups excluding tert-OH is 1. The van der Waals surface area contributed by atoms with Gasteiger partial charge in [-0.2, -0.15) is 0 Å². The molecule has 0 aliphatic carbocycles. The molecule has 0 fully saturated rings. The Morgan fingerprint density at radius 1 is 1.11 bits per heavy atom. The molecule has 2 rings (SSSR count). The normalized spacial score (nSPS) is 17.5. The van der Waals surface area contributed by atoms with Crippen molar-refractivity contribution in [3.8, 4) is 0 Å². The van der Waals surface area contributed by atoms with Crippen LogP contribution in [0.5, 0.6) is 0 Å². The van der Waals surface area contributed by atoms with Crippen LogP contribution in [0.1, 0.15) is 27.1 Å². The first kappa shape index (κ1) is 13.9. The summed E-state index contributed by atoms with van der Waals surface area (Å²) in [7, 11) is -3.54. The van der Waals surface area contributed by atoms with Gasteiger partial charge in [0.15, 0.2) is 0 Å². The lowest BCUT2D eigenvalue weighted by Gasteiger charge is -2.14. The van der Waals surface area contributed by atoms with E-state index in [4.69, 9.17) is 5.11 Å². The number of rotatable bonds is 5. The van der Waals surface area contributed by atoms with Crippen LogP contribution in [0.25, 0.3) is 0 Å². The Morgan fingerprint density at radius 2 is 1.63 bits per heavy atom. The van der Waals surface area contributed by atoms with Gasteiger partial charge in [0, 0.05) is 12.7 Å². The summed E-state index contributed by atoms with van der Waals surface area (Å²) in [6, 6.07) is 6.53. The first-order valence-electron chi connectivity index (χ1n) is 5.83. The van der Waals surface area contributed by atoms with Gasteiger partial charge in [-0.05, 0) is 18.6 Å². The summed E-state index contributed by atoms with van der Waals surface area (Å²) in [4.78, 5) is 34.2. The van der Waals surface area contributed by atoms with Crippen molar-refractivity contribution in [1.82, 2.24) is 4.90 Å². The highest BCUT2D eigenvalue weighted by molar-refractivity contribution is 7.57. The van der Waals surface area contributed by atoms with Gasteiger partial charge in [0.1, 0.15) is 6.35 Å². The third kappa shape index (κ3) is 2.76. The molecule has 7 heteroatoms. The number of nitrogens with zero attached hydrogens (tertiary/aromatic N) is 1. The Kier molecular flexibility index (Phi) is 3.85. The highest BCUT2D eigenvalue weighted by Crippen LogP contribution is 2.39. The van der Waals surface area contributed by atoms with Crippen molar-refractivity contribution in [1.29, 1.82) is 0 Å². The molecule has 1 unspecified atom stereocenters. The largest absolute Gasteiger partial charge is 0.386 e. The zero-order valence-corrected chi connectivity index (χ0v) is 11.0. The molecule has 0 saturated heterocycles. The summed E-state index contributed by atoms with van der Waals surface area (Å²) in [5, 5.41) is 8.67. The third-order valence-electron chi connectivity index (χ3n) is 2.99. The summed E-state index contributed by atoms with van der Waals surface area (Å²) < 4.78 is 11.3. The summed E-state index contributed by atoms with van der Waals surface area (Å²) >= 11 is 0. The fraction of sp³-hybridized carbons (Fsp3) is 0.333. The van der Waals surface area contributed by atoms with Gasteiger partial charge < -0.3 is 10.00 Å². The highest BCUT2D eigenvalue weighted by Gasteiger charge is 2.34. The molecular weight excluding hydrogens is 269 g/mol. The molecule has 0 bridgehead atoms. The molecule has 1 aromatic carbocycles. The molecule has 0 spiro atoms. The van der Waals surface area contributed by atoms with Gasteiger partial charge in [-0.15, -0.1) is 0 Å². The van der Waals surface area contributed by atoms with Crippen LogP contribution < -0.4 is 0 Å². The fourth-order valence-corrected chi connectivity index (χ4v) is 2.77. The predicted octanol–water partition coefficient (Wildman–Crippen LogP) is 0.893. The van der Waals surface area contributed by atoms with E-state index in [1.807, 2.05) is 0 Å². The average molecular weight is 283 g/mol. The number of carbonyl (C=O) groups is 2. The Morgan fingerprint density at radius 3 is 2.11 bits per heavy atom. The fourth-order valence-electron chi connectivity index (χ4n) is 1.99. The quantitative estimate of drug-likeness (QED) is 0.618. The molecule has 0 saturated carbocycles. The lowest BCUT2D eigenvalue weighted by atomic mass is 10.1. The summed E-state index contributed by atoms with van der Waals surface area (Å²) in [6.45, 7) is 0.0803. The van der Waals surface area contributed by atoms with Crippen LogP contribution in [0.15, 0.2) is 24.3 Å². The van der Waals surface area contributed by atoms with Crippen molar-refractivity contribution in [2.45, 2.75) is 6.42 Å². The molecule has 0 aromatic heterocycles. The maximum Gasteiger partial charge on any atom is 0.261 e. The first-order valence-corrected chi connectivity index (χ1v) is 7.86. The Balaban J connectivity index is 2.03. The van der Waals surface area contributed by atoms with Crippen molar-refractivity contribution in [3.63, 3.8) is 0 Å². The molecular formula is C12H14NO5P. The van der Waals surface area contributed by atoms with Crippen LogP contribution in [0.4, 0.5) is 0 Å². The van der Waals surface area contributed by atoms with Crippen LogP contribution >= 0.6 is 7.37 Å². The van der Waals surface area contributed by atoms with Crippen molar-refractivity contribution in [2.75, 3.05) is 19.1 Å². The topological polar surface area (TPSA) is 94.9 Å². The van der Waals surface area contributed by atoms with Gasteiger partial charge in [0.05, 0.1) is 11.1 Å². The monoisotopic (exact) mass is 283 g/mol. The summed E-state index contributed by atoms with van der Waals surface area (Å²) in [6.07, 6.45) is -0.703. The van der Waals surface area contributed by atoms with Gasteiger partial charge in [-0.3, -0.25) is 19.1 Å². The van der Waals surface area contributed by atoms with E-state index in [2.05, 4.69) is 0 Å². The van der Waals surface area contributed by atoms with Crippen LogP contribution in [-0.4, -0.2) is 45.8 Å². The lowest BCUT2D eigenvalue weighted by Crippen LogP contribution is -2.31. The van der Waals surface area contributed by atoms with E-state index in [-0.39, 0.29) is 30.9 Å². The number of fused-ring (bicyclic) bond motifs is 1. The van der Waals surface area contributed by atoms with Gasteiger partial charge in [0.2, 0.25) is 7.37 Å². The van der Waals surface area contributed by atoms with E-state index in [0.29, 0.717) is 11.1 Å². The summed E-state index contributed by atoms with van der Waals surface area (Å²) in [5.41, 5.74) is 0.726. The molecule has 1 heterocycles. The van der Waals surface area contributed by atoms with E-state index >= 15 is 0 Å². The lowest BCUT2D eigenvalue weighted by molar-refractivity contribution is 0.0654. The molecule has 6 nitrogen and oxygen atoms in total. The number of aliphatic hydroxyl groups is 1. The average Bonchev–Trinajstić information content (AvgIpc) is 2.64. The smallest absolute Gasteiger partial charge is 0.261 e. The molecule has 2 N–H and O–H groups in total. The van der Waals surface area contributed by atoms with Crippen molar-refractivity contribution >= 4 is 19.2 Å². The Labute approximate surface area is 110 Å². The molecule has 19 heavy (non-hydrogen) atoms. The Bertz CT molecular complexity index is 536. The first-order chi connectivity index (χ1) is 8.96. The van der Waals surface area contributed by atoms with Crippen LogP contribution in [-0.2, 0) is 4.57 Å². The van der Waals surface area contributed by atoms with Crippen molar-refractivity contribution in [2.24, 2.45) is 0 Å². The number of benzene rings is 1. The molecule has 0 radical (unpaired) electrons. The van der Waals surface area contributed by atoms with Crippen LogP contribution in [0, 0.1) is 0 Å². The van der Waals surface area contributed by atoms with Gasteiger partial charge >= 0.3 is 0 Å². The molecule has 2 amide bonds. The van der Waals surface area contributed by atoms with E-state index in [9.17, 15) is 19.0 Å². The zero-order chi connectivity index (χ0) is 14.0. The number of carbonyl (C=O) groups excluding carboxylic acids is 2. The maximum atomic E-state index is 12.0. The van der Waals surface area contributed by atoms with Crippen molar-refractivity contribution in [3.05, 3.63) is 35.4 Å². The van der Waals surface area contributed by atoms with E-state index < -0.39 is 13.7 Å². The summed E-state index contributed by atoms with van der Waals surface area (Å²) in [5.74, 6) is -0.755. The Hall–Kier alpha value is -1.49. The van der Waals surface area contributed by atoms with Crippen LogP contribution in [0.2, 0.25) is 0 Å². The minimum Gasteiger partial charge on any atom is -0.386 e. The maximum absolute atomic E-state index is 12.0. The second-order valence-electron chi connectivity index (χ2n) is 4.37. The molecule has 1 aliphatic rings. The van der Waals surface area contributed by atoms with Gasteiger partial charge in [-0.1, -0.05) is 12.1 Å². The van der Waals surface area contributed by atoms with Gasteiger partial charge in [-0.25, -0.2) is 0 Å². The highest BCUT2D eigenvalue weighted by atomic mass is 31.2. The van der Waals surface area contributed by atoms with E-state index in [1.54, 1.807) is 24.3 Å². The molecule has 1 aromatic rings. The zero-order valence-electron chi connectivity index (χ0n) is 10.2. The minimum absolute atomic E-state index is 0.0803. The SMILES string of the molecule is O=C1c2ccccc2C(=O)N1CCCP(=O)(O)CO. The number of amides is 2. The van der Waals surface area contributed by atoms with Gasteiger partial charge in [0.25, 0.3) is 11.8 Å². The standard InChI is InChI=1S/C12H14NO5P/c14-8-19(17,18)7-3-6-13-11(15)9-4-1-2-5-10(9)12(13)16/h1-2,4-5,14H,3,6-8H2,(H,17,18). The third-order valence-corrected chi connectivity index (χ3v) is 4.45. The molecule has 1 aliphatic heterocycles. The number of hydrogen-bond donors (Lipinski definition) is 2. The predicted molar refractivity (Wildman–Crippen MR) is 68.2 cm³/mol. The van der Waals surface area contributed by atoms with E-state index in [0.717, 1.165) is 4.90 Å². The second-order valence-corrected chi connectivity index (χ2v) is 6.80. The molecule has 102 valence electrons. The van der Waals surface area contributed by atoms with Crippen molar-refractivity contribution < 1.29 is 24.2 Å². The minimum atomic E-state index is -3.54. The van der Waals surface area contributed by atoms with Crippen LogP contribution in [0.3, 0.4) is 0 Å². The number of hydrogen-bond acceptors (Lipinski definition) is 4. The number of imide groups is 1. The second kappa shape index (κ2) is 5.25.